The zero-order valence-electron chi connectivity index (χ0n) is 12.6. The predicted molar refractivity (Wildman–Crippen MR) is 80.4 cm³/mol. The number of benzene rings is 1. The first-order chi connectivity index (χ1) is 9.88. The van der Waals surface area contributed by atoms with E-state index in [1.807, 2.05) is 14.0 Å². The maximum absolute atomic E-state index is 13.3. The Balaban J connectivity index is 2.28. The minimum atomic E-state index is -0.833. The molecule has 0 saturated heterocycles. The van der Waals surface area contributed by atoms with Crippen LogP contribution < -0.4 is 5.32 Å². The molecule has 0 unspecified atom stereocenters. The van der Waals surface area contributed by atoms with E-state index >= 15 is 0 Å². The van der Waals surface area contributed by atoms with Crippen molar-refractivity contribution in [2.45, 2.75) is 43.3 Å². The Morgan fingerprint density at radius 2 is 2.00 bits per heavy atom. The molecule has 1 aromatic carbocycles. The number of nitrogens with one attached hydrogen (secondary N) is 1. The van der Waals surface area contributed by atoms with Crippen LogP contribution >= 0.6 is 11.8 Å². The second-order valence-corrected chi connectivity index (χ2v) is 6.27. The van der Waals surface area contributed by atoms with Crippen molar-refractivity contribution in [2.24, 2.45) is 7.05 Å². The molecule has 3 nitrogen and oxygen atoms in total. The van der Waals surface area contributed by atoms with Gasteiger partial charge in [-0.05, 0) is 25.1 Å². The first kappa shape index (κ1) is 16.0. The molecule has 6 heteroatoms. The Hall–Kier alpha value is -1.40. The van der Waals surface area contributed by atoms with Gasteiger partial charge in [-0.1, -0.05) is 25.6 Å². The van der Waals surface area contributed by atoms with Crippen LogP contribution in [0.2, 0.25) is 0 Å². The summed E-state index contributed by atoms with van der Waals surface area (Å²) >= 11 is 1.39. The third-order valence-corrected chi connectivity index (χ3v) is 4.28. The van der Waals surface area contributed by atoms with E-state index in [1.165, 1.54) is 17.8 Å². The molecule has 0 radical (unpaired) electrons. The number of rotatable bonds is 5. The summed E-state index contributed by atoms with van der Waals surface area (Å²) in [5.41, 5.74) is 2.02. The highest BCUT2D eigenvalue weighted by Crippen LogP contribution is 2.32. The van der Waals surface area contributed by atoms with Crippen molar-refractivity contribution in [3.8, 4) is 0 Å². The molecule has 0 fully saturated rings. The van der Waals surface area contributed by atoms with Crippen molar-refractivity contribution in [1.29, 1.82) is 0 Å². The van der Waals surface area contributed by atoms with Gasteiger partial charge in [0.15, 0.2) is 11.6 Å². The van der Waals surface area contributed by atoms with E-state index < -0.39 is 11.6 Å². The first-order valence-electron chi connectivity index (χ1n) is 6.77. The normalized spacial score (nSPS) is 11.4. The molecule has 114 valence electrons. The van der Waals surface area contributed by atoms with E-state index in [4.69, 9.17) is 0 Å². The molecule has 0 aliphatic heterocycles. The highest BCUT2D eigenvalue weighted by atomic mass is 32.2. The average molecular weight is 311 g/mol. The van der Waals surface area contributed by atoms with Crippen LogP contribution in [0.15, 0.2) is 28.1 Å². The topological polar surface area (TPSA) is 29.9 Å². The van der Waals surface area contributed by atoms with Crippen LogP contribution in [0.3, 0.4) is 0 Å². The quantitative estimate of drug-likeness (QED) is 0.914. The number of hydrogen-bond acceptors (Lipinski definition) is 3. The van der Waals surface area contributed by atoms with Crippen molar-refractivity contribution < 1.29 is 8.78 Å². The molecule has 0 aliphatic rings. The summed E-state index contributed by atoms with van der Waals surface area (Å²) in [5, 5.41) is 8.71. The van der Waals surface area contributed by atoms with E-state index in [1.54, 1.807) is 10.7 Å². The Morgan fingerprint density at radius 1 is 1.29 bits per heavy atom. The van der Waals surface area contributed by atoms with Gasteiger partial charge in [-0.3, -0.25) is 4.68 Å². The SMILES string of the molecule is Cc1nn(C)c(Sc2ccc(F)c(F)c2)c1CNC(C)C. The molecule has 0 bridgehead atoms. The van der Waals surface area contributed by atoms with Crippen molar-refractivity contribution in [3.63, 3.8) is 0 Å². The maximum atomic E-state index is 13.3. The van der Waals surface area contributed by atoms with Gasteiger partial charge in [0.1, 0.15) is 5.03 Å². The monoisotopic (exact) mass is 311 g/mol. The second kappa shape index (κ2) is 6.58. The second-order valence-electron chi connectivity index (χ2n) is 5.21. The fourth-order valence-corrected chi connectivity index (χ4v) is 3.01. The number of hydrogen-bond donors (Lipinski definition) is 1. The molecule has 0 atom stereocenters. The van der Waals surface area contributed by atoms with Crippen LogP contribution in [0, 0.1) is 18.6 Å². The molecule has 0 spiro atoms. The lowest BCUT2D eigenvalue weighted by Crippen LogP contribution is -2.22. The molecule has 21 heavy (non-hydrogen) atoms. The van der Waals surface area contributed by atoms with Gasteiger partial charge in [0, 0.05) is 30.1 Å². The zero-order chi connectivity index (χ0) is 15.6. The minimum Gasteiger partial charge on any atom is -0.310 e. The standard InChI is InChI=1S/C15H19F2N3S/c1-9(2)18-8-12-10(3)19-20(4)15(12)21-11-5-6-13(16)14(17)7-11/h5-7,9,18H,8H2,1-4H3. The number of aryl methyl sites for hydroxylation is 2. The summed E-state index contributed by atoms with van der Waals surface area (Å²) in [7, 11) is 1.86. The van der Waals surface area contributed by atoms with Crippen molar-refractivity contribution in [2.75, 3.05) is 0 Å². The van der Waals surface area contributed by atoms with Crippen molar-refractivity contribution in [3.05, 3.63) is 41.1 Å². The Labute approximate surface area is 127 Å². The average Bonchev–Trinajstić information content (AvgIpc) is 2.66. The van der Waals surface area contributed by atoms with Gasteiger partial charge < -0.3 is 5.32 Å². The van der Waals surface area contributed by atoms with E-state index in [2.05, 4.69) is 24.3 Å². The highest BCUT2D eigenvalue weighted by Gasteiger charge is 2.15. The first-order valence-corrected chi connectivity index (χ1v) is 7.59. The predicted octanol–water partition coefficient (Wildman–Crippen LogP) is 3.66. The summed E-state index contributed by atoms with van der Waals surface area (Å²) in [6, 6.07) is 4.30. The molecular formula is C15H19F2N3S. The molecule has 0 aliphatic carbocycles. The number of aromatic nitrogens is 2. The maximum Gasteiger partial charge on any atom is 0.159 e. The lowest BCUT2D eigenvalue weighted by atomic mass is 10.2. The highest BCUT2D eigenvalue weighted by molar-refractivity contribution is 7.99. The van der Waals surface area contributed by atoms with Crippen LogP contribution in [0.25, 0.3) is 0 Å². The molecule has 1 aromatic heterocycles. The molecule has 0 saturated carbocycles. The van der Waals surface area contributed by atoms with Crippen LogP contribution in [-0.4, -0.2) is 15.8 Å². The van der Waals surface area contributed by atoms with Gasteiger partial charge in [-0.25, -0.2) is 8.78 Å². The molecule has 1 N–H and O–H groups in total. The Bertz CT molecular complexity index is 638. The summed E-state index contributed by atoms with van der Waals surface area (Å²) in [6.45, 7) is 6.80. The minimum absolute atomic E-state index is 0.366. The van der Waals surface area contributed by atoms with Crippen LogP contribution in [-0.2, 0) is 13.6 Å². The smallest absolute Gasteiger partial charge is 0.159 e. The van der Waals surface area contributed by atoms with Crippen LogP contribution in [0.1, 0.15) is 25.1 Å². The van der Waals surface area contributed by atoms with Gasteiger partial charge in [-0.15, -0.1) is 0 Å². The lowest BCUT2D eigenvalue weighted by molar-refractivity contribution is 0.506. The summed E-state index contributed by atoms with van der Waals surface area (Å²) in [5.74, 6) is -1.66. The molecule has 1 heterocycles. The largest absolute Gasteiger partial charge is 0.310 e. The van der Waals surface area contributed by atoms with E-state index in [0.717, 1.165) is 22.3 Å². The van der Waals surface area contributed by atoms with Crippen LogP contribution in [0.4, 0.5) is 8.78 Å². The van der Waals surface area contributed by atoms with Gasteiger partial charge in [0.05, 0.1) is 5.69 Å². The van der Waals surface area contributed by atoms with Crippen LogP contribution in [0.5, 0.6) is 0 Å². The number of halogens is 2. The number of nitrogens with zero attached hydrogens (tertiary/aromatic N) is 2. The third kappa shape index (κ3) is 3.83. The Morgan fingerprint density at radius 3 is 2.62 bits per heavy atom. The molecule has 0 amide bonds. The van der Waals surface area contributed by atoms with E-state index in [0.29, 0.717) is 17.5 Å². The lowest BCUT2D eigenvalue weighted by Gasteiger charge is -2.10. The van der Waals surface area contributed by atoms with E-state index in [9.17, 15) is 8.78 Å². The molecular weight excluding hydrogens is 292 g/mol. The summed E-state index contributed by atoms with van der Waals surface area (Å²) < 4.78 is 28.1. The zero-order valence-corrected chi connectivity index (χ0v) is 13.4. The summed E-state index contributed by atoms with van der Waals surface area (Å²) in [6.07, 6.45) is 0. The van der Waals surface area contributed by atoms with Gasteiger partial charge in [0.25, 0.3) is 0 Å². The fourth-order valence-electron chi connectivity index (χ4n) is 1.97. The van der Waals surface area contributed by atoms with Crippen molar-refractivity contribution in [1.82, 2.24) is 15.1 Å². The fraction of sp³-hybridized carbons (Fsp3) is 0.400. The van der Waals surface area contributed by atoms with Gasteiger partial charge >= 0.3 is 0 Å². The third-order valence-electron chi connectivity index (χ3n) is 3.08. The Kier molecular flexibility index (Phi) is 5.00. The van der Waals surface area contributed by atoms with Gasteiger partial charge in [-0.2, -0.15) is 5.10 Å². The van der Waals surface area contributed by atoms with Gasteiger partial charge in [0.2, 0.25) is 0 Å². The molecule has 2 aromatic rings. The van der Waals surface area contributed by atoms with E-state index in [-0.39, 0.29) is 0 Å². The summed E-state index contributed by atoms with van der Waals surface area (Å²) in [4.78, 5) is 0.655. The van der Waals surface area contributed by atoms with Crippen molar-refractivity contribution >= 4 is 11.8 Å². The molecule has 2 rings (SSSR count).